The zero-order valence-corrected chi connectivity index (χ0v) is 28.8. The molecule has 0 aliphatic carbocycles. The van der Waals surface area contributed by atoms with Crippen LogP contribution in [0.5, 0.6) is 0 Å². The van der Waals surface area contributed by atoms with E-state index < -0.39 is 16.0 Å². The largest absolute Gasteiger partial charge is 0.392 e. The van der Waals surface area contributed by atoms with Crippen LogP contribution in [0.25, 0.3) is 11.1 Å². The van der Waals surface area contributed by atoms with Gasteiger partial charge in [0.25, 0.3) is 9.70 Å². The molecule has 48 heavy (non-hydrogen) atoms. The van der Waals surface area contributed by atoms with Crippen molar-refractivity contribution in [1.82, 2.24) is 20.2 Å². The van der Waals surface area contributed by atoms with E-state index in [2.05, 4.69) is 38.1 Å². The van der Waals surface area contributed by atoms with Crippen molar-refractivity contribution in [3.8, 4) is 11.1 Å². The number of aromatic nitrogens is 2. The zero-order valence-electron chi connectivity index (χ0n) is 26.5. The van der Waals surface area contributed by atoms with Gasteiger partial charge in [-0.15, -0.1) is 0 Å². The third-order valence-electron chi connectivity index (χ3n) is 8.90. The van der Waals surface area contributed by atoms with E-state index in [-0.39, 0.29) is 31.3 Å². The van der Waals surface area contributed by atoms with Crippen molar-refractivity contribution < 1.29 is 19.4 Å². The van der Waals surface area contributed by atoms with E-state index in [4.69, 9.17) is 44.3 Å². The molecule has 0 bridgehead atoms. The molecule has 3 aromatic carbocycles. The Hall–Kier alpha value is -3.28. The summed E-state index contributed by atoms with van der Waals surface area (Å²) in [6.45, 7) is 6.58. The summed E-state index contributed by atoms with van der Waals surface area (Å²) in [7, 11) is 0. The molecule has 3 heterocycles. The Bertz CT molecular complexity index is 1670. The van der Waals surface area contributed by atoms with Crippen LogP contribution in [0.15, 0.2) is 91.3 Å². The molecule has 2 N–H and O–H groups in total. The average molecular weight is 711 g/mol. The average Bonchev–Trinajstić information content (AvgIpc) is 3.12. The first-order valence-electron chi connectivity index (χ1n) is 16.0. The Morgan fingerprint density at radius 2 is 1.56 bits per heavy atom. The molecule has 6 rings (SSSR count). The van der Waals surface area contributed by atoms with E-state index in [1.807, 2.05) is 72.8 Å². The van der Waals surface area contributed by atoms with Gasteiger partial charge in [-0.3, -0.25) is 9.69 Å². The lowest BCUT2D eigenvalue weighted by Crippen LogP contribution is -2.51. The monoisotopic (exact) mass is 709 g/mol. The van der Waals surface area contributed by atoms with Gasteiger partial charge in [0.1, 0.15) is 0 Å². The lowest BCUT2D eigenvalue weighted by molar-refractivity contribution is -0.276. The number of anilines is 1. The van der Waals surface area contributed by atoms with E-state index in [1.165, 1.54) is 0 Å². The summed E-state index contributed by atoms with van der Waals surface area (Å²) in [5, 5.41) is 12.3. The van der Waals surface area contributed by atoms with Gasteiger partial charge < -0.3 is 24.8 Å². The molecule has 0 radical (unpaired) electrons. The number of carbonyl (C=O) groups is 1. The Labute approximate surface area is 295 Å². The number of alkyl halides is 3. The maximum Gasteiger partial charge on any atom is 0.272 e. The summed E-state index contributed by atoms with van der Waals surface area (Å²) in [6.07, 6.45) is 2.65. The summed E-state index contributed by atoms with van der Waals surface area (Å²) in [6, 6.07) is 25.8. The lowest BCUT2D eigenvalue weighted by atomic mass is 9.89. The maximum atomic E-state index is 12.1. The van der Waals surface area contributed by atoms with Gasteiger partial charge in [-0.05, 0) is 46.0 Å². The van der Waals surface area contributed by atoms with Gasteiger partial charge in [-0.2, -0.15) is 0 Å². The van der Waals surface area contributed by atoms with Gasteiger partial charge in [0.2, 0.25) is 5.95 Å². The second kappa shape index (κ2) is 15.5. The maximum absolute atomic E-state index is 12.1. The van der Waals surface area contributed by atoms with E-state index in [9.17, 15) is 9.90 Å². The number of hydrogen-bond donors (Lipinski definition) is 2. The SMILES string of the molecule is C[C@@H]1[C@H](CN2CCN(c3ncccn3)CC2)O[C@H](c2cccc(-c3cccc(CNC(=O)C(Cl)(Cl)Cl)c3)c2)O[C@@H]1c1ccc(CO)cc1. The second-order valence-corrected chi connectivity index (χ2v) is 14.4. The number of nitrogens with one attached hydrogen (secondary N) is 1. The molecule has 2 saturated heterocycles. The number of aliphatic hydroxyl groups excluding tert-OH is 1. The number of amides is 1. The summed E-state index contributed by atoms with van der Waals surface area (Å²) in [5.41, 5.74) is 5.62. The van der Waals surface area contributed by atoms with E-state index in [0.717, 1.165) is 72.1 Å². The van der Waals surface area contributed by atoms with Crippen molar-refractivity contribution in [3.63, 3.8) is 0 Å². The Morgan fingerprint density at radius 1 is 0.875 bits per heavy atom. The van der Waals surface area contributed by atoms with Crippen molar-refractivity contribution in [3.05, 3.63) is 114 Å². The van der Waals surface area contributed by atoms with Crippen molar-refractivity contribution in [1.29, 1.82) is 0 Å². The lowest BCUT2D eigenvalue weighted by Gasteiger charge is -2.44. The molecule has 0 saturated carbocycles. The molecule has 4 atom stereocenters. The number of piperazine rings is 1. The van der Waals surface area contributed by atoms with Crippen LogP contribution in [-0.2, 0) is 27.4 Å². The second-order valence-electron chi connectivity index (χ2n) is 12.2. The minimum atomic E-state index is -2.02. The molecule has 2 fully saturated rings. The number of rotatable bonds is 9. The Kier molecular flexibility index (Phi) is 11.2. The molecule has 0 unspecified atom stereocenters. The van der Waals surface area contributed by atoms with Crippen LogP contribution in [0.4, 0.5) is 5.95 Å². The smallest absolute Gasteiger partial charge is 0.272 e. The molecule has 252 valence electrons. The number of hydrogen-bond acceptors (Lipinski definition) is 8. The van der Waals surface area contributed by atoms with Crippen LogP contribution in [-0.4, -0.2) is 68.5 Å². The minimum Gasteiger partial charge on any atom is -0.392 e. The minimum absolute atomic E-state index is 0.0109. The van der Waals surface area contributed by atoms with Crippen LogP contribution in [0, 0.1) is 5.92 Å². The number of ether oxygens (including phenoxy) is 2. The molecular formula is C36H38Cl3N5O4. The van der Waals surface area contributed by atoms with Gasteiger partial charge in [-0.1, -0.05) is 102 Å². The van der Waals surface area contributed by atoms with Crippen molar-refractivity contribution in [2.24, 2.45) is 5.92 Å². The van der Waals surface area contributed by atoms with Gasteiger partial charge >= 0.3 is 0 Å². The fourth-order valence-electron chi connectivity index (χ4n) is 6.18. The predicted octanol–water partition coefficient (Wildman–Crippen LogP) is 6.24. The number of halogens is 3. The van der Waals surface area contributed by atoms with Crippen LogP contribution in [0.1, 0.15) is 41.6 Å². The molecular weight excluding hydrogens is 673 g/mol. The van der Waals surface area contributed by atoms with Crippen LogP contribution < -0.4 is 10.2 Å². The topological polar surface area (TPSA) is 100 Å². The van der Waals surface area contributed by atoms with Gasteiger partial charge in [0, 0.05) is 63.1 Å². The number of nitrogens with zero attached hydrogens (tertiary/aromatic N) is 4. The van der Waals surface area contributed by atoms with Crippen LogP contribution >= 0.6 is 34.8 Å². The quantitative estimate of drug-likeness (QED) is 0.197. The van der Waals surface area contributed by atoms with Crippen molar-refractivity contribution >= 4 is 46.7 Å². The highest BCUT2D eigenvalue weighted by Gasteiger charge is 2.39. The first kappa shape index (κ1) is 34.6. The molecule has 4 aromatic rings. The summed E-state index contributed by atoms with van der Waals surface area (Å²) in [5.74, 6) is 0.152. The standard InChI is InChI=1S/C36H38Cl3N5O4/c1-24-31(22-43-15-17-44(18-16-43)35-40-13-4-14-41-35)47-33(48-32(24)27-11-9-25(23-45)10-12-27)30-8-3-7-29(20-30)28-6-2-5-26(19-28)21-42-34(46)36(37,38)39/h2-14,19-20,24,31-33,45H,15-18,21-23H2,1H3,(H,42,46)/t24-,31+,32+,33+/m1/s1. The highest BCUT2D eigenvalue weighted by Crippen LogP contribution is 2.42. The highest BCUT2D eigenvalue weighted by atomic mass is 35.6. The number of aliphatic hydroxyl groups is 1. The predicted molar refractivity (Wildman–Crippen MR) is 188 cm³/mol. The molecule has 9 nitrogen and oxygen atoms in total. The van der Waals surface area contributed by atoms with Gasteiger partial charge in [-0.25, -0.2) is 9.97 Å². The van der Waals surface area contributed by atoms with Crippen molar-refractivity contribution in [2.75, 3.05) is 37.6 Å². The van der Waals surface area contributed by atoms with Gasteiger partial charge in [0.05, 0.1) is 18.8 Å². The van der Waals surface area contributed by atoms with Crippen molar-refractivity contribution in [2.45, 2.75) is 42.4 Å². The van der Waals surface area contributed by atoms with Crippen LogP contribution in [0.2, 0.25) is 0 Å². The Morgan fingerprint density at radius 3 is 2.25 bits per heavy atom. The van der Waals surface area contributed by atoms with Gasteiger partial charge in [0.15, 0.2) is 6.29 Å². The molecule has 0 spiro atoms. The molecule has 1 aromatic heterocycles. The van der Waals surface area contributed by atoms with E-state index in [1.54, 1.807) is 12.4 Å². The molecule has 12 heteroatoms. The molecule has 1 amide bonds. The molecule has 2 aliphatic rings. The zero-order chi connectivity index (χ0) is 33.7. The Balaban J connectivity index is 1.21. The first-order valence-corrected chi connectivity index (χ1v) is 17.1. The first-order chi connectivity index (χ1) is 23.2. The fourth-order valence-corrected chi connectivity index (χ4v) is 6.38. The highest BCUT2D eigenvalue weighted by molar-refractivity contribution is 6.76. The number of benzene rings is 3. The number of carbonyl (C=O) groups excluding carboxylic acids is 1. The summed E-state index contributed by atoms with van der Waals surface area (Å²) < 4.78 is 11.5. The van der Waals surface area contributed by atoms with Crippen LogP contribution in [0.3, 0.4) is 0 Å². The normalized spacial score (nSPS) is 22.0. The summed E-state index contributed by atoms with van der Waals surface area (Å²) >= 11 is 17.1. The van der Waals surface area contributed by atoms with E-state index in [0.29, 0.717) is 0 Å². The molecule has 2 aliphatic heterocycles. The summed E-state index contributed by atoms with van der Waals surface area (Å²) in [4.78, 5) is 25.6. The van der Waals surface area contributed by atoms with E-state index >= 15 is 0 Å². The fraction of sp³-hybridized carbons (Fsp3) is 0.361. The third-order valence-corrected chi connectivity index (χ3v) is 9.41. The third kappa shape index (κ3) is 8.47.